The van der Waals surface area contributed by atoms with Crippen molar-refractivity contribution in [2.24, 2.45) is 5.73 Å². The Balaban J connectivity index is 2.27. The second-order valence-electron chi connectivity index (χ2n) is 4.33. The number of amides is 1. The van der Waals surface area contributed by atoms with E-state index in [0.717, 1.165) is 11.3 Å². The van der Waals surface area contributed by atoms with Gasteiger partial charge in [-0.15, -0.1) is 0 Å². The van der Waals surface area contributed by atoms with Crippen LogP contribution in [0.15, 0.2) is 30.7 Å². The lowest BCUT2D eigenvalue weighted by Crippen LogP contribution is -2.11. The van der Waals surface area contributed by atoms with Crippen molar-refractivity contribution in [3.8, 4) is 11.3 Å². The molecule has 0 aliphatic rings. The van der Waals surface area contributed by atoms with Gasteiger partial charge in [-0.3, -0.25) is 9.78 Å². The fraction of sp³-hybridized carbons (Fsp3) is 0.0769. The molecular weight excluding hydrogens is 278 g/mol. The van der Waals surface area contributed by atoms with Gasteiger partial charge in [0, 0.05) is 23.7 Å². The summed E-state index contributed by atoms with van der Waals surface area (Å²) in [6.45, 7) is 1.87. The van der Waals surface area contributed by atoms with Gasteiger partial charge in [0.1, 0.15) is 5.56 Å². The Kier molecular flexibility index (Phi) is 2.87. The largest absolute Gasteiger partial charge is 0.365 e. The first-order chi connectivity index (χ1) is 9.56. The number of rotatable bonds is 2. The first kappa shape index (κ1) is 12.6. The Hall–Kier alpha value is -2.47. The van der Waals surface area contributed by atoms with Crippen LogP contribution in [0.3, 0.4) is 0 Å². The second kappa shape index (κ2) is 4.57. The number of fused-ring (bicyclic) bond motifs is 1. The molecule has 0 aromatic carbocycles. The van der Waals surface area contributed by atoms with Gasteiger partial charge < -0.3 is 5.73 Å². The van der Waals surface area contributed by atoms with Crippen LogP contribution >= 0.6 is 11.6 Å². The van der Waals surface area contributed by atoms with Crippen molar-refractivity contribution in [3.05, 3.63) is 47.0 Å². The molecule has 0 aliphatic heterocycles. The van der Waals surface area contributed by atoms with Crippen molar-refractivity contribution in [1.82, 2.24) is 19.6 Å². The van der Waals surface area contributed by atoms with Crippen molar-refractivity contribution in [2.45, 2.75) is 6.92 Å². The van der Waals surface area contributed by atoms with E-state index in [1.54, 1.807) is 23.0 Å². The summed E-state index contributed by atoms with van der Waals surface area (Å²) in [7, 11) is 0. The van der Waals surface area contributed by atoms with Crippen LogP contribution in [0.2, 0.25) is 5.02 Å². The third-order valence-electron chi connectivity index (χ3n) is 2.92. The zero-order valence-corrected chi connectivity index (χ0v) is 11.3. The minimum atomic E-state index is -0.562. The monoisotopic (exact) mass is 287 g/mol. The summed E-state index contributed by atoms with van der Waals surface area (Å²) in [5.74, 6) is -0.562. The Morgan fingerprint density at radius 3 is 2.80 bits per heavy atom. The highest BCUT2D eigenvalue weighted by molar-refractivity contribution is 6.30. The van der Waals surface area contributed by atoms with Gasteiger partial charge in [0.25, 0.3) is 5.91 Å². The zero-order chi connectivity index (χ0) is 14.3. The van der Waals surface area contributed by atoms with E-state index in [2.05, 4.69) is 15.1 Å². The molecule has 0 radical (unpaired) electrons. The van der Waals surface area contributed by atoms with Crippen molar-refractivity contribution in [2.75, 3.05) is 0 Å². The first-order valence-corrected chi connectivity index (χ1v) is 6.20. The summed E-state index contributed by atoms with van der Waals surface area (Å²) in [4.78, 5) is 19.8. The summed E-state index contributed by atoms with van der Waals surface area (Å²) in [6, 6.07) is 3.60. The molecule has 0 saturated carbocycles. The molecule has 0 saturated heterocycles. The van der Waals surface area contributed by atoms with Crippen molar-refractivity contribution >= 4 is 23.2 Å². The van der Waals surface area contributed by atoms with Crippen LogP contribution in [0.4, 0.5) is 0 Å². The Morgan fingerprint density at radius 1 is 1.30 bits per heavy atom. The number of nitrogens with zero attached hydrogens (tertiary/aromatic N) is 4. The van der Waals surface area contributed by atoms with Crippen LogP contribution in [0.1, 0.15) is 16.1 Å². The molecule has 7 heteroatoms. The molecule has 3 aromatic heterocycles. The van der Waals surface area contributed by atoms with Crippen molar-refractivity contribution in [3.63, 3.8) is 0 Å². The molecular formula is C13H10ClN5O. The van der Waals surface area contributed by atoms with Crippen LogP contribution < -0.4 is 5.73 Å². The minimum absolute atomic E-state index is 0.282. The first-order valence-electron chi connectivity index (χ1n) is 5.82. The van der Waals surface area contributed by atoms with Crippen LogP contribution in [-0.2, 0) is 0 Å². The third kappa shape index (κ3) is 2.00. The van der Waals surface area contributed by atoms with Crippen LogP contribution in [0.25, 0.3) is 16.9 Å². The molecule has 0 aliphatic carbocycles. The van der Waals surface area contributed by atoms with E-state index in [1.165, 1.54) is 6.20 Å². The summed E-state index contributed by atoms with van der Waals surface area (Å²) < 4.78 is 1.57. The number of primary amides is 1. The highest BCUT2D eigenvalue weighted by atomic mass is 35.5. The number of pyridine rings is 1. The van der Waals surface area contributed by atoms with E-state index in [0.29, 0.717) is 16.4 Å². The van der Waals surface area contributed by atoms with Gasteiger partial charge in [0.2, 0.25) is 0 Å². The molecule has 3 aromatic rings. The molecule has 6 nitrogen and oxygen atoms in total. The maximum atomic E-state index is 11.4. The fourth-order valence-electron chi connectivity index (χ4n) is 1.99. The Morgan fingerprint density at radius 2 is 2.10 bits per heavy atom. The molecule has 3 heterocycles. The Labute approximate surface area is 119 Å². The smallest absolute Gasteiger partial charge is 0.254 e. The average Bonchev–Trinajstić information content (AvgIpc) is 2.83. The number of aromatic nitrogens is 4. The molecule has 1 amide bonds. The second-order valence-corrected chi connectivity index (χ2v) is 4.77. The van der Waals surface area contributed by atoms with E-state index in [4.69, 9.17) is 17.3 Å². The van der Waals surface area contributed by atoms with Crippen molar-refractivity contribution < 1.29 is 4.79 Å². The maximum Gasteiger partial charge on any atom is 0.254 e. The zero-order valence-electron chi connectivity index (χ0n) is 10.5. The van der Waals surface area contributed by atoms with Crippen LogP contribution in [0, 0.1) is 6.92 Å². The van der Waals surface area contributed by atoms with E-state index in [-0.39, 0.29) is 5.56 Å². The van der Waals surface area contributed by atoms with E-state index in [1.807, 2.05) is 13.0 Å². The molecule has 100 valence electrons. The summed E-state index contributed by atoms with van der Waals surface area (Å²) >= 11 is 5.93. The van der Waals surface area contributed by atoms with E-state index >= 15 is 0 Å². The summed E-state index contributed by atoms with van der Waals surface area (Å²) in [6.07, 6.45) is 4.62. The lowest BCUT2D eigenvalue weighted by Gasteiger charge is -2.05. The number of halogens is 1. The van der Waals surface area contributed by atoms with E-state index < -0.39 is 5.91 Å². The predicted octanol–water partition coefficient (Wildman–Crippen LogP) is 1.85. The fourth-order valence-corrected chi connectivity index (χ4v) is 2.16. The lowest BCUT2D eigenvalue weighted by atomic mass is 10.2. The average molecular weight is 288 g/mol. The normalized spacial score (nSPS) is 10.9. The summed E-state index contributed by atoms with van der Waals surface area (Å²) in [5, 5.41) is 4.62. The van der Waals surface area contributed by atoms with Crippen LogP contribution in [0.5, 0.6) is 0 Å². The minimum Gasteiger partial charge on any atom is -0.365 e. The SMILES string of the molecule is Cc1cc(-c2cncc(Cl)c2)nc2c(C(N)=O)cnn12. The maximum absolute atomic E-state index is 11.4. The number of carbonyl (C=O) groups excluding carboxylic acids is 1. The molecule has 0 fully saturated rings. The molecule has 0 bridgehead atoms. The molecule has 20 heavy (non-hydrogen) atoms. The standard InChI is InChI=1S/C13H10ClN5O/c1-7-2-11(8-3-9(14)5-16-4-8)18-13-10(12(15)20)6-17-19(7)13/h2-6H,1H3,(H2,15,20). The highest BCUT2D eigenvalue weighted by Gasteiger charge is 2.14. The lowest BCUT2D eigenvalue weighted by molar-refractivity contribution is 0.100. The molecule has 0 spiro atoms. The highest BCUT2D eigenvalue weighted by Crippen LogP contribution is 2.22. The predicted molar refractivity (Wildman–Crippen MR) is 74.5 cm³/mol. The number of carbonyl (C=O) groups is 1. The van der Waals surface area contributed by atoms with Gasteiger partial charge in [-0.05, 0) is 19.1 Å². The van der Waals surface area contributed by atoms with Crippen molar-refractivity contribution in [1.29, 1.82) is 0 Å². The van der Waals surface area contributed by atoms with Crippen LogP contribution in [-0.4, -0.2) is 25.5 Å². The van der Waals surface area contributed by atoms with Gasteiger partial charge in [0.15, 0.2) is 5.65 Å². The molecule has 0 atom stereocenters. The van der Waals surface area contributed by atoms with Gasteiger partial charge in [-0.2, -0.15) is 5.10 Å². The quantitative estimate of drug-likeness (QED) is 0.779. The number of nitrogens with two attached hydrogens (primary N) is 1. The molecule has 2 N–H and O–H groups in total. The van der Waals surface area contributed by atoms with Gasteiger partial charge in [-0.1, -0.05) is 11.6 Å². The topological polar surface area (TPSA) is 86.2 Å². The Bertz CT molecular complexity index is 827. The number of hydrogen-bond acceptors (Lipinski definition) is 4. The summed E-state index contributed by atoms with van der Waals surface area (Å²) in [5.41, 5.74) is 8.28. The van der Waals surface area contributed by atoms with Gasteiger partial charge in [0.05, 0.1) is 16.9 Å². The third-order valence-corrected chi connectivity index (χ3v) is 3.12. The van der Waals surface area contributed by atoms with E-state index in [9.17, 15) is 4.79 Å². The van der Waals surface area contributed by atoms with Gasteiger partial charge in [-0.25, -0.2) is 9.50 Å². The number of aryl methyl sites for hydroxylation is 1. The van der Waals surface area contributed by atoms with Gasteiger partial charge >= 0.3 is 0 Å². The number of hydrogen-bond donors (Lipinski definition) is 1. The molecule has 0 unspecified atom stereocenters. The molecule has 3 rings (SSSR count).